The summed E-state index contributed by atoms with van der Waals surface area (Å²) in [6.07, 6.45) is 1.04. The Morgan fingerprint density at radius 1 is 1.38 bits per heavy atom. The Kier molecular flexibility index (Phi) is 2.56. The van der Waals surface area contributed by atoms with Crippen LogP contribution in [-0.2, 0) is 9.84 Å². The molecule has 1 N–H and O–H groups in total. The van der Waals surface area contributed by atoms with E-state index in [0.717, 1.165) is 12.3 Å². The zero-order valence-corrected chi connectivity index (χ0v) is 8.15. The van der Waals surface area contributed by atoms with Crippen LogP contribution in [0.4, 0.5) is 10.1 Å². The third-order valence-corrected chi connectivity index (χ3v) is 2.75. The molecule has 0 unspecified atom stereocenters. The van der Waals surface area contributed by atoms with E-state index in [4.69, 9.17) is 0 Å². The molecule has 1 rings (SSSR count). The van der Waals surface area contributed by atoms with Crippen molar-refractivity contribution in [3.05, 3.63) is 24.0 Å². The van der Waals surface area contributed by atoms with Gasteiger partial charge < -0.3 is 5.32 Å². The van der Waals surface area contributed by atoms with Gasteiger partial charge in [-0.3, -0.25) is 0 Å². The summed E-state index contributed by atoms with van der Waals surface area (Å²) >= 11 is 0. The molecular formula is C8H10FNO2S. The van der Waals surface area contributed by atoms with E-state index in [1.54, 1.807) is 7.05 Å². The number of hydrogen-bond acceptors (Lipinski definition) is 3. The maximum atomic E-state index is 13.1. The molecular weight excluding hydrogens is 193 g/mol. The predicted molar refractivity (Wildman–Crippen MR) is 49.1 cm³/mol. The molecule has 0 spiro atoms. The number of sulfone groups is 1. The van der Waals surface area contributed by atoms with Gasteiger partial charge in [0.25, 0.3) is 0 Å². The van der Waals surface area contributed by atoms with Crippen LogP contribution in [0.3, 0.4) is 0 Å². The lowest BCUT2D eigenvalue weighted by Gasteiger charge is -2.03. The van der Waals surface area contributed by atoms with Crippen molar-refractivity contribution < 1.29 is 12.8 Å². The lowest BCUT2D eigenvalue weighted by molar-refractivity contribution is 0.596. The number of halogens is 1. The molecule has 13 heavy (non-hydrogen) atoms. The summed E-state index contributed by atoms with van der Waals surface area (Å²) in [6, 6.07) is 3.76. The summed E-state index contributed by atoms with van der Waals surface area (Å²) < 4.78 is 35.0. The van der Waals surface area contributed by atoms with Gasteiger partial charge in [-0.05, 0) is 18.2 Å². The topological polar surface area (TPSA) is 46.2 Å². The second-order valence-corrected chi connectivity index (χ2v) is 4.68. The van der Waals surface area contributed by atoms with Gasteiger partial charge in [0.15, 0.2) is 9.84 Å². The van der Waals surface area contributed by atoms with E-state index in [1.807, 2.05) is 0 Å². The lowest BCUT2D eigenvalue weighted by atomic mass is 10.3. The minimum Gasteiger partial charge on any atom is -0.386 e. The molecule has 3 nitrogen and oxygen atoms in total. The summed E-state index contributed by atoms with van der Waals surface area (Å²) in [5.74, 6) is -0.564. The van der Waals surface area contributed by atoms with Crippen LogP contribution in [0.15, 0.2) is 23.1 Å². The first kappa shape index (κ1) is 9.98. The van der Waals surface area contributed by atoms with Crippen LogP contribution in [0.5, 0.6) is 0 Å². The van der Waals surface area contributed by atoms with Crippen molar-refractivity contribution in [2.24, 2.45) is 0 Å². The molecule has 5 heteroatoms. The van der Waals surface area contributed by atoms with Crippen molar-refractivity contribution in [3.63, 3.8) is 0 Å². The number of nitrogens with one attached hydrogen (secondary N) is 1. The van der Waals surface area contributed by atoms with Crippen LogP contribution in [0.25, 0.3) is 0 Å². The fourth-order valence-corrected chi connectivity index (χ4v) is 1.56. The lowest BCUT2D eigenvalue weighted by Crippen LogP contribution is -1.99. The van der Waals surface area contributed by atoms with Gasteiger partial charge >= 0.3 is 0 Å². The molecule has 0 saturated carbocycles. The molecule has 0 aliphatic carbocycles. The highest BCUT2D eigenvalue weighted by molar-refractivity contribution is 7.90. The van der Waals surface area contributed by atoms with Gasteiger partial charge in [0.1, 0.15) is 5.82 Å². The monoisotopic (exact) mass is 203 g/mol. The standard InChI is InChI=1S/C8H10FNO2S/c1-10-8-4-3-6(5-7(8)9)13(2,11)12/h3-5,10H,1-2H3. The van der Waals surface area contributed by atoms with Crippen LogP contribution in [-0.4, -0.2) is 21.7 Å². The summed E-state index contributed by atoms with van der Waals surface area (Å²) in [6.45, 7) is 0. The van der Waals surface area contributed by atoms with Gasteiger partial charge in [-0.1, -0.05) is 0 Å². The molecule has 0 bridgehead atoms. The van der Waals surface area contributed by atoms with E-state index in [1.165, 1.54) is 12.1 Å². The molecule has 0 fully saturated rings. The van der Waals surface area contributed by atoms with E-state index in [9.17, 15) is 12.8 Å². The Morgan fingerprint density at radius 3 is 2.38 bits per heavy atom. The van der Waals surface area contributed by atoms with Gasteiger partial charge in [-0.2, -0.15) is 0 Å². The minimum absolute atomic E-state index is 0.0102. The van der Waals surface area contributed by atoms with Crippen molar-refractivity contribution in [3.8, 4) is 0 Å². The first-order valence-electron chi connectivity index (χ1n) is 3.62. The molecule has 1 aromatic rings. The second kappa shape index (κ2) is 3.33. The van der Waals surface area contributed by atoms with Crippen LogP contribution in [0.2, 0.25) is 0 Å². The smallest absolute Gasteiger partial charge is 0.175 e. The summed E-state index contributed by atoms with van der Waals surface area (Å²) in [5, 5.41) is 2.60. The fraction of sp³-hybridized carbons (Fsp3) is 0.250. The van der Waals surface area contributed by atoms with Gasteiger partial charge in [0.05, 0.1) is 10.6 Å². The molecule has 0 atom stereocenters. The SMILES string of the molecule is CNc1ccc(S(C)(=O)=O)cc1F. The maximum Gasteiger partial charge on any atom is 0.175 e. The molecule has 0 heterocycles. The first-order chi connectivity index (χ1) is 5.95. The zero-order valence-electron chi connectivity index (χ0n) is 7.33. The van der Waals surface area contributed by atoms with Gasteiger partial charge in [-0.25, -0.2) is 12.8 Å². The van der Waals surface area contributed by atoms with Crippen LogP contribution in [0.1, 0.15) is 0 Å². The van der Waals surface area contributed by atoms with Gasteiger partial charge in [-0.15, -0.1) is 0 Å². The third kappa shape index (κ3) is 2.18. The van der Waals surface area contributed by atoms with E-state index in [2.05, 4.69) is 5.32 Å². The largest absolute Gasteiger partial charge is 0.386 e. The average Bonchev–Trinajstić information content (AvgIpc) is 2.02. The number of rotatable bonds is 2. The fourth-order valence-electron chi connectivity index (χ4n) is 0.929. The average molecular weight is 203 g/mol. The van der Waals surface area contributed by atoms with E-state index >= 15 is 0 Å². The minimum atomic E-state index is -3.32. The number of anilines is 1. The normalized spacial score (nSPS) is 11.3. The highest BCUT2D eigenvalue weighted by Gasteiger charge is 2.09. The van der Waals surface area contributed by atoms with Gasteiger partial charge in [0.2, 0.25) is 0 Å². The Bertz CT molecular complexity index is 414. The Hall–Kier alpha value is -1.10. The van der Waals surface area contributed by atoms with Crippen LogP contribution in [0, 0.1) is 5.82 Å². The molecule has 72 valence electrons. The predicted octanol–water partition coefficient (Wildman–Crippen LogP) is 1.27. The van der Waals surface area contributed by atoms with E-state index < -0.39 is 15.7 Å². The second-order valence-electron chi connectivity index (χ2n) is 2.66. The Balaban J connectivity index is 3.26. The third-order valence-electron chi connectivity index (χ3n) is 1.64. The highest BCUT2D eigenvalue weighted by Crippen LogP contribution is 2.17. The van der Waals surface area contributed by atoms with E-state index in [-0.39, 0.29) is 10.6 Å². The van der Waals surface area contributed by atoms with Crippen LogP contribution >= 0.6 is 0 Å². The van der Waals surface area contributed by atoms with Crippen molar-refractivity contribution in [2.75, 3.05) is 18.6 Å². The van der Waals surface area contributed by atoms with Crippen molar-refractivity contribution in [1.82, 2.24) is 0 Å². The summed E-state index contributed by atoms with van der Waals surface area (Å²) in [7, 11) is -1.75. The van der Waals surface area contributed by atoms with Crippen molar-refractivity contribution in [1.29, 1.82) is 0 Å². The zero-order chi connectivity index (χ0) is 10.1. The molecule has 0 aliphatic rings. The van der Waals surface area contributed by atoms with Crippen molar-refractivity contribution >= 4 is 15.5 Å². The summed E-state index contributed by atoms with van der Waals surface area (Å²) in [4.78, 5) is -0.0102. The molecule has 0 aliphatic heterocycles. The number of benzene rings is 1. The molecule has 0 radical (unpaired) electrons. The first-order valence-corrected chi connectivity index (χ1v) is 5.51. The Labute approximate surface area is 76.5 Å². The highest BCUT2D eigenvalue weighted by atomic mass is 32.2. The molecule has 1 aromatic carbocycles. The van der Waals surface area contributed by atoms with Crippen LogP contribution < -0.4 is 5.32 Å². The number of hydrogen-bond donors (Lipinski definition) is 1. The van der Waals surface area contributed by atoms with Crippen molar-refractivity contribution in [2.45, 2.75) is 4.90 Å². The molecule has 0 saturated heterocycles. The quantitative estimate of drug-likeness (QED) is 0.787. The molecule has 0 amide bonds. The summed E-state index contributed by atoms with van der Waals surface area (Å²) in [5.41, 5.74) is 0.285. The van der Waals surface area contributed by atoms with Gasteiger partial charge in [0, 0.05) is 13.3 Å². The maximum absolute atomic E-state index is 13.1. The van der Waals surface area contributed by atoms with E-state index in [0.29, 0.717) is 0 Å². The molecule has 0 aromatic heterocycles. The Morgan fingerprint density at radius 2 is 2.00 bits per heavy atom.